The maximum atomic E-state index is 14.6. The largest absolute Gasteiger partial charge is 0.460 e. The Morgan fingerprint density at radius 3 is 2.60 bits per heavy atom. The lowest BCUT2D eigenvalue weighted by Gasteiger charge is -2.37. The lowest BCUT2D eigenvalue weighted by atomic mass is 9.70. The van der Waals surface area contributed by atoms with Gasteiger partial charge in [0.15, 0.2) is 0 Å². The molecule has 0 aromatic heterocycles. The van der Waals surface area contributed by atoms with Crippen molar-refractivity contribution in [2.75, 3.05) is 31.1 Å². The first-order chi connectivity index (χ1) is 21.6. The van der Waals surface area contributed by atoms with Crippen LogP contribution >= 0.6 is 27.5 Å². The number of unbranched alkanes of at least 4 members (excludes halogenated alkanes) is 3. The lowest BCUT2D eigenvalue weighted by molar-refractivity contribution is -0.159. The average Bonchev–Trinajstić information content (AvgIpc) is 3.61. The first-order valence-electron chi connectivity index (χ1n) is 15.6. The van der Waals surface area contributed by atoms with Crippen molar-refractivity contribution in [2.24, 2.45) is 11.8 Å². The molecule has 3 aliphatic rings. The predicted octanol–water partition coefficient (Wildman–Crippen LogP) is 4.17. The Kier molecular flexibility index (Phi) is 12.3. The first-order valence-corrected chi connectivity index (χ1v) is 16.9. The maximum absolute atomic E-state index is 14.6. The maximum Gasteiger partial charge on any atom is 0.312 e. The SMILES string of the molecule is C=CCCC(=O)NC[C@@H](C)OC(=O)[C@@H]1[C@H]2O[C@@]3(CC2Br)[C@H](C(=O)N(CC=C)c2ccc(Cl)cc2)N(CCCCCCO)C(=O)[C@@H]13. The molecule has 0 aliphatic carbocycles. The van der Waals surface area contributed by atoms with Crippen molar-refractivity contribution in [3.63, 3.8) is 0 Å². The number of hydrogen-bond acceptors (Lipinski definition) is 7. The molecule has 1 unspecified atom stereocenters. The molecule has 1 aromatic rings. The van der Waals surface area contributed by atoms with E-state index >= 15 is 0 Å². The second-order valence-electron chi connectivity index (χ2n) is 11.9. The Morgan fingerprint density at radius 2 is 1.93 bits per heavy atom. The lowest BCUT2D eigenvalue weighted by Crippen LogP contribution is -2.57. The molecule has 1 spiro atoms. The summed E-state index contributed by atoms with van der Waals surface area (Å²) in [7, 11) is 0. The van der Waals surface area contributed by atoms with Crippen LogP contribution in [-0.4, -0.2) is 88.6 Å². The molecule has 0 radical (unpaired) electrons. The fourth-order valence-electron chi connectivity index (χ4n) is 6.78. The van der Waals surface area contributed by atoms with Crippen LogP contribution in [-0.2, 0) is 28.7 Å². The molecule has 2 N–H and O–H groups in total. The number of alkyl halides is 1. The van der Waals surface area contributed by atoms with Crippen molar-refractivity contribution in [1.29, 1.82) is 0 Å². The minimum atomic E-state index is -1.24. The summed E-state index contributed by atoms with van der Waals surface area (Å²) < 4.78 is 12.4. The normalized spacial score (nSPS) is 27.2. The fraction of sp³-hybridized carbons (Fsp3) is 0.576. The number of esters is 1. The second kappa shape index (κ2) is 15.7. The van der Waals surface area contributed by atoms with Gasteiger partial charge in [-0.3, -0.25) is 19.2 Å². The molecule has 45 heavy (non-hydrogen) atoms. The van der Waals surface area contributed by atoms with Gasteiger partial charge in [-0.15, -0.1) is 13.2 Å². The van der Waals surface area contributed by atoms with Crippen LogP contribution in [0.3, 0.4) is 0 Å². The number of fused-ring (bicyclic) bond motifs is 1. The van der Waals surface area contributed by atoms with E-state index in [1.807, 2.05) is 0 Å². The number of aliphatic hydroxyl groups excluding tert-OH is 1. The third kappa shape index (κ3) is 7.48. The number of ether oxygens (including phenoxy) is 2. The van der Waals surface area contributed by atoms with Crippen molar-refractivity contribution in [3.05, 3.63) is 54.6 Å². The highest BCUT2D eigenvalue weighted by Crippen LogP contribution is 2.60. The number of carbonyl (C=O) groups excluding carboxylic acids is 4. The van der Waals surface area contributed by atoms with E-state index in [-0.39, 0.29) is 48.7 Å². The fourth-order valence-corrected chi connectivity index (χ4v) is 7.85. The number of benzene rings is 1. The molecule has 3 amide bonds. The van der Waals surface area contributed by atoms with Gasteiger partial charge in [-0.25, -0.2) is 0 Å². The minimum Gasteiger partial charge on any atom is -0.460 e. The Bertz CT molecular complexity index is 1260. The number of nitrogens with one attached hydrogen (secondary N) is 1. The summed E-state index contributed by atoms with van der Waals surface area (Å²) in [6, 6.07) is 5.90. The van der Waals surface area contributed by atoms with E-state index in [4.69, 9.17) is 21.1 Å². The summed E-state index contributed by atoms with van der Waals surface area (Å²) in [6.07, 6.45) is 6.01. The van der Waals surface area contributed by atoms with Gasteiger partial charge in [0.2, 0.25) is 11.8 Å². The number of nitrogens with zero attached hydrogens (tertiary/aromatic N) is 2. The van der Waals surface area contributed by atoms with Gasteiger partial charge in [0.05, 0.1) is 24.5 Å². The molecule has 246 valence electrons. The van der Waals surface area contributed by atoms with Crippen LogP contribution in [0, 0.1) is 11.8 Å². The summed E-state index contributed by atoms with van der Waals surface area (Å²) in [4.78, 5) is 57.5. The third-order valence-electron chi connectivity index (χ3n) is 8.80. The zero-order valence-electron chi connectivity index (χ0n) is 25.7. The summed E-state index contributed by atoms with van der Waals surface area (Å²) in [5.74, 6) is -3.22. The van der Waals surface area contributed by atoms with Gasteiger partial charge in [0, 0.05) is 41.7 Å². The number of halogens is 2. The number of aliphatic hydroxyl groups is 1. The molecule has 3 saturated heterocycles. The van der Waals surface area contributed by atoms with Gasteiger partial charge in [-0.1, -0.05) is 52.5 Å². The Hall–Kier alpha value is -2.73. The van der Waals surface area contributed by atoms with Gasteiger partial charge in [0.1, 0.15) is 17.7 Å². The molecule has 0 saturated carbocycles. The van der Waals surface area contributed by atoms with E-state index in [9.17, 15) is 24.3 Å². The Labute approximate surface area is 278 Å². The first kappa shape index (κ1) is 35.1. The van der Waals surface area contributed by atoms with Crippen molar-refractivity contribution in [1.82, 2.24) is 10.2 Å². The van der Waals surface area contributed by atoms with Gasteiger partial charge in [-0.2, -0.15) is 0 Å². The predicted molar refractivity (Wildman–Crippen MR) is 175 cm³/mol. The minimum absolute atomic E-state index is 0.0924. The van der Waals surface area contributed by atoms with Crippen molar-refractivity contribution >= 4 is 56.9 Å². The highest BCUT2D eigenvalue weighted by molar-refractivity contribution is 9.09. The van der Waals surface area contributed by atoms with E-state index in [1.54, 1.807) is 53.1 Å². The average molecular weight is 709 g/mol. The van der Waals surface area contributed by atoms with E-state index in [1.165, 1.54) is 0 Å². The molecule has 3 aliphatic heterocycles. The highest BCUT2D eigenvalue weighted by atomic mass is 79.9. The molecule has 3 heterocycles. The van der Waals surface area contributed by atoms with Crippen molar-refractivity contribution in [3.8, 4) is 0 Å². The number of anilines is 1. The molecular formula is C33H43BrClN3O7. The molecule has 7 atom stereocenters. The van der Waals surface area contributed by atoms with E-state index in [2.05, 4.69) is 34.4 Å². The van der Waals surface area contributed by atoms with Gasteiger partial charge in [-0.05, 0) is 56.9 Å². The summed E-state index contributed by atoms with van der Waals surface area (Å²) in [6.45, 7) is 9.85. The van der Waals surface area contributed by atoms with Crippen LogP contribution in [0.2, 0.25) is 5.02 Å². The topological polar surface area (TPSA) is 125 Å². The summed E-state index contributed by atoms with van der Waals surface area (Å²) >= 11 is 9.81. The zero-order chi connectivity index (χ0) is 32.7. The van der Waals surface area contributed by atoms with Gasteiger partial charge >= 0.3 is 5.97 Å². The number of allylic oxidation sites excluding steroid dienone is 1. The molecule has 2 bridgehead atoms. The van der Waals surface area contributed by atoms with Gasteiger partial charge in [0.25, 0.3) is 5.91 Å². The molecule has 4 rings (SSSR count). The van der Waals surface area contributed by atoms with Gasteiger partial charge < -0.3 is 29.7 Å². The molecule has 12 heteroatoms. The van der Waals surface area contributed by atoms with Crippen LogP contribution in [0.25, 0.3) is 0 Å². The van der Waals surface area contributed by atoms with E-state index < -0.39 is 41.7 Å². The number of likely N-dealkylation sites (tertiary alicyclic amines) is 1. The molecule has 1 aromatic carbocycles. The Morgan fingerprint density at radius 1 is 1.22 bits per heavy atom. The quantitative estimate of drug-likeness (QED) is 0.108. The molecular weight excluding hydrogens is 666 g/mol. The summed E-state index contributed by atoms with van der Waals surface area (Å²) in [5, 5.41) is 12.5. The highest BCUT2D eigenvalue weighted by Gasteiger charge is 2.77. The summed E-state index contributed by atoms with van der Waals surface area (Å²) in [5.41, 5.74) is -0.641. The van der Waals surface area contributed by atoms with Crippen LogP contribution in [0.1, 0.15) is 51.9 Å². The standard InChI is InChI=1S/C33H43BrClN3O7/c1-4-6-11-25(40)36-20-21(3)44-32(43)26-27-30(41)38(17-9-7-8-10-18-39)29(33(27)19-24(34)28(26)45-33)31(42)37(16-5-2)23-14-12-22(35)13-15-23/h4-5,12-15,21,24,26-29,39H,1-2,6-11,16-20H2,3H3,(H,36,40)/t21-,24?,26+,27-,28+,29+,33-/m1/s1. The number of carbonyl (C=O) groups is 4. The molecule has 10 nitrogen and oxygen atoms in total. The Balaban J connectivity index is 1.62. The van der Waals surface area contributed by atoms with Crippen LogP contribution < -0.4 is 10.2 Å². The zero-order valence-corrected chi connectivity index (χ0v) is 28.0. The molecule has 3 fully saturated rings. The van der Waals surface area contributed by atoms with Crippen LogP contribution in [0.5, 0.6) is 0 Å². The van der Waals surface area contributed by atoms with Crippen LogP contribution in [0.15, 0.2) is 49.6 Å². The van der Waals surface area contributed by atoms with Crippen molar-refractivity contribution < 1.29 is 33.8 Å². The second-order valence-corrected chi connectivity index (χ2v) is 13.5. The number of amides is 3. The van der Waals surface area contributed by atoms with Crippen LogP contribution in [0.4, 0.5) is 5.69 Å². The monoisotopic (exact) mass is 707 g/mol. The van der Waals surface area contributed by atoms with E-state index in [0.29, 0.717) is 42.9 Å². The third-order valence-corrected chi connectivity index (χ3v) is 9.89. The number of hydrogen-bond donors (Lipinski definition) is 2. The van der Waals surface area contributed by atoms with Crippen molar-refractivity contribution in [2.45, 2.75) is 80.5 Å². The number of rotatable bonds is 17. The van der Waals surface area contributed by atoms with E-state index in [0.717, 1.165) is 12.8 Å². The smallest absolute Gasteiger partial charge is 0.312 e.